The van der Waals surface area contributed by atoms with E-state index in [1.807, 2.05) is 47.5 Å². The molecule has 0 saturated heterocycles. The van der Waals surface area contributed by atoms with Crippen molar-refractivity contribution in [3.63, 3.8) is 0 Å². The minimum absolute atomic E-state index is 0.0826. The zero-order valence-corrected chi connectivity index (χ0v) is 14.3. The van der Waals surface area contributed by atoms with Gasteiger partial charge >= 0.3 is 0 Å². The molecule has 5 heteroatoms. The lowest BCUT2D eigenvalue weighted by Gasteiger charge is -2.37. The van der Waals surface area contributed by atoms with Crippen LogP contribution in [0.5, 0.6) is 11.5 Å². The summed E-state index contributed by atoms with van der Waals surface area (Å²) >= 11 is 0. The number of nitrogens with zero attached hydrogens (tertiary/aromatic N) is 2. The molecule has 2 aromatic carbocycles. The molecule has 3 aromatic rings. The molecule has 0 aliphatic carbocycles. The Labute approximate surface area is 151 Å². The quantitative estimate of drug-likeness (QED) is 0.699. The summed E-state index contributed by atoms with van der Waals surface area (Å²) in [5, 5.41) is 6.90. The van der Waals surface area contributed by atoms with Crippen LogP contribution in [0.3, 0.4) is 0 Å². The number of ether oxygens (including phenoxy) is 2. The van der Waals surface area contributed by atoms with Gasteiger partial charge in [0.25, 0.3) is 0 Å². The summed E-state index contributed by atoms with van der Waals surface area (Å²) in [6.45, 7) is 0. The van der Waals surface area contributed by atoms with Crippen LogP contribution >= 0.6 is 0 Å². The molecule has 2 aliphatic rings. The Hall–Kier alpha value is -3.21. The Morgan fingerprint density at radius 2 is 1.92 bits per heavy atom. The fourth-order valence-electron chi connectivity index (χ4n) is 3.67. The highest BCUT2D eigenvalue weighted by molar-refractivity contribution is 6.01. The van der Waals surface area contributed by atoms with Gasteiger partial charge in [-0.15, -0.1) is 0 Å². The Morgan fingerprint density at radius 3 is 2.69 bits per heavy atom. The van der Waals surface area contributed by atoms with E-state index >= 15 is 0 Å². The lowest BCUT2D eigenvalue weighted by atomic mass is 9.96. The number of hydrazone groups is 1. The number of hydrogen-bond acceptors (Lipinski definition) is 5. The zero-order valence-electron chi connectivity index (χ0n) is 14.3. The first-order valence-corrected chi connectivity index (χ1v) is 8.63. The molecule has 3 heterocycles. The van der Waals surface area contributed by atoms with Gasteiger partial charge in [-0.1, -0.05) is 42.5 Å². The van der Waals surface area contributed by atoms with Gasteiger partial charge in [0.05, 0.1) is 25.1 Å². The van der Waals surface area contributed by atoms with Crippen LogP contribution in [0.1, 0.15) is 35.6 Å². The molecule has 0 unspecified atom stereocenters. The lowest BCUT2D eigenvalue weighted by Crippen LogP contribution is -2.33. The van der Waals surface area contributed by atoms with Crippen molar-refractivity contribution in [3.8, 4) is 11.5 Å². The standard InChI is InChI=1S/C21H18N2O3/c1-24-18-10-5-9-15-17-13-16(14-7-3-2-4-8-14)22-23(17)21(26-20(15)18)19-11-6-12-25-19/h2-12,17,21H,13H2,1H3/t17-,21+/m1/s1. The average molecular weight is 346 g/mol. The summed E-state index contributed by atoms with van der Waals surface area (Å²) in [6, 6.07) is 20.1. The van der Waals surface area contributed by atoms with Crippen molar-refractivity contribution in [1.82, 2.24) is 5.01 Å². The fourth-order valence-corrected chi connectivity index (χ4v) is 3.67. The molecule has 0 bridgehead atoms. The largest absolute Gasteiger partial charge is 0.493 e. The number of furan rings is 1. The van der Waals surface area contributed by atoms with Crippen molar-refractivity contribution in [2.45, 2.75) is 18.7 Å². The summed E-state index contributed by atoms with van der Waals surface area (Å²) < 4.78 is 17.5. The molecule has 0 radical (unpaired) electrons. The van der Waals surface area contributed by atoms with Crippen molar-refractivity contribution in [1.29, 1.82) is 0 Å². The van der Waals surface area contributed by atoms with Gasteiger partial charge in [-0.2, -0.15) is 5.10 Å². The second-order valence-electron chi connectivity index (χ2n) is 6.38. The Morgan fingerprint density at radius 1 is 1.04 bits per heavy atom. The normalized spacial score (nSPS) is 20.8. The van der Waals surface area contributed by atoms with E-state index in [9.17, 15) is 0 Å². The van der Waals surface area contributed by atoms with Gasteiger partial charge in [-0.3, -0.25) is 0 Å². The SMILES string of the molecule is COc1cccc2c1O[C@@H](c1ccco1)N1N=C(c3ccccc3)C[C@H]21. The van der Waals surface area contributed by atoms with E-state index < -0.39 is 6.23 Å². The molecule has 2 aliphatic heterocycles. The average Bonchev–Trinajstić information content (AvgIpc) is 3.37. The molecule has 5 nitrogen and oxygen atoms in total. The van der Waals surface area contributed by atoms with Crippen LogP contribution in [-0.2, 0) is 0 Å². The first-order chi connectivity index (χ1) is 12.8. The minimum atomic E-state index is -0.417. The Balaban J connectivity index is 1.62. The smallest absolute Gasteiger partial charge is 0.246 e. The molecule has 0 spiro atoms. The van der Waals surface area contributed by atoms with E-state index in [-0.39, 0.29) is 6.04 Å². The molecule has 1 aromatic heterocycles. The molecule has 5 rings (SSSR count). The van der Waals surface area contributed by atoms with E-state index in [0.717, 1.165) is 40.5 Å². The highest BCUT2D eigenvalue weighted by atomic mass is 16.5. The third kappa shape index (κ3) is 2.28. The van der Waals surface area contributed by atoms with E-state index in [2.05, 4.69) is 18.2 Å². The second kappa shape index (κ2) is 5.95. The van der Waals surface area contributed by atoms with Gasteiger partial charge in [0, 0.05) is 12.0 Å². The summed E-state index contributed by atoms with van der Waals surface area (Å²) in [7, 11) is 1.66. The van der Waals surface area contributed by atoms with Crippen LogP contribution in [0.15, 0.2) is 76.4 Å². The number of rotatable bonds is 3. The zero-order chi connectivity index (χ0) is 17.5. The number of benzene rings is 2. The molecular weight excluding hydrogens is 328 g/mol. The summed E-state index contributed by atoms with van der Waals surface area (Å²) in [5.41, 5.74) is 3.26. The van der Waals surface area contributed by atoms with Crippen LogP contribution in [-0.4, -0.2) is 17.8 Å². The summed E-state index contributed by atoms with van der Waals surface area (Å²) in [6.07, 6.45) is 2.05. The molecular formula is C21H18N2O3. The fraction of sp³-hybridized carbons (Fsp3) is 0.190. The minimum Gasteiger partial charge on any atom is -0.493 e. The van der Waals surface area contributed by atoms with Crippen molar-refractivity contribution < 1.29 is 13.9 Å². The molecule has 26 heavy (non-hydrogen) atoms. The molecule has 130 valence electrons. The van der Waals surface area contributed by atoms with Gasteiger partial charge < -0.3 is 13.9 Å². The van der Waals surface area contributed by atoms with Crippen molar-refractivity contribution in [3.05, 3.63) is 83.8 Å². The predicted molar refractivity (Wildman–Crippen MR) is 97.2 cm³/mol. The van der Waals surface area contributed by atoms with Crippen molar-refractivity contribution in [2.75, 3.05) is 7.11 Å². The summed E-state index contributed by atoms with van der Waals surface area (Å²) in [4.78, 5) is 0. The number of fused-ring (bicyclic) bond motifs is 3. The topological polar surface area (TPSA) is 47.2 Å². The molecule has 0 saturated carbocycles. The molecule has 0 fully saturated rings. The van der Waals surface area contributed by atoms with Gasteiger partial charge in [-0.05, 0) is 23.8 Å². The van der Waals surface area contributed by atoms with Crippen molar-refractivity contribution >= 4 is 5.71 Å². The third-order valence-electron chi connectivity index (χ3n) is 4.89. The molecule has 0 amide bonds. The summed E-state index contributed by atoms with van der Waals surface area (Å²) in [5.74, 6) is 2.22. The second-order valence-corrected chi connectivity index (χ2v) is 6.38. The van der Waals surface area contributed by atoms with Gasteiger partial charge in [0.15, 0.2) is 17.3 Å². The van der Waals surface area contributed by atoms with Gasteiger partial charge in [-0.25, -0.2) is 5.01 Å². The van der Waals surface area contributed by atoms with Crippen LogP contribution in [0.25, 0.3) is 0 Å². The Kier molecular flexibility index (Phi) is 3.45. The first kappa shape index (κ1) is 15.1. The van der Waals surface area contributed by atoms with E-state index in [1.54, 1.807) is 13.4 Å². The van der Waals surface area contributed by atoms with Crippen LogP contribution in [0, 0.1) is 0 Å². The third-order valence-corrected chi connectivity index (χ3v) is 4.89. The van der Waals surface area contributed by atoms with E-state index in [0.29, 0.717) is 0 Å². The highest BCUT2D eigenvalue weighted by Gasteiger charge is 2.43. The van der Waals surface area contributed by atoms with Crippen LogP contribution in [0.4, 0.5) is 0 Å². The number of methoxy groups -OCH3 is 1. The highest BCUT2D eigenvalue weighted by Crippen LogP contribution is 2.50. The maximum Gasteiger partial charge on any atom is 0.246 e. The maximum absolute atomic E-state index is 6.30. The number of hydrogen-bond donors (Lipinski definition) is 0. The van der Waals surface area contributed by atoms with E-state index in [4.69, 9.17) is 19.0 Å². The van der Waals surface area contributed by atoms with E-state index in [1.165, 1.54) is 0 Å². The number of para-hydroxylation sites is 1. The molecule has 0 N–H and O–H groups in total. The van der Waals surface area contributed by atoms with Crippen LogP contribution in [0.2, 0.25) is 0 Å². The Bertz CT molecular complexity index is 951. The molecule has 2 atom stereocenters. The van der Waals surface area contributed by atoms with Crippen LogP contribution < -0.4 is 9.47 Å². The van der Waals surface area contributed by atoms with Gasteiger partial charge in [0.1, 0.15) is 0 Å². The van der Waals surface area contributed by atoms with Crippen molar-refractivity contribution in [2.24, 2.45) is 5.10 Å². The maximum atomic E-state index is 6.30. The lowest BCUT2D eigenvalue weighted by molar-refractivity contribution is -0.0342. The van der Waals surface area contributed by atoms with Gasteiger partial charge in [0.2, 0.25) is 6.23 Å². The predicted octanol–water partition coefficient (Wildman–Crippen LogP) is 4.53. The monoisotopic (exact) mass is 346 g/mol. The first-order valence-electron chi connectivity index (χ1n) is 8.63.